The van der Waals surface area contributed by atoms with E-state index in [-0.39, 0.29) is 21.9 Å². The molecule has 0 unspecified atom stereocenters. The van der Waals surface area contributed by atoms with E-state index in [2.05, 4.69) is 5.32 Å². The molecule has 0 aliphatic heterocycles. The number of hydrogen-bond donors (Lipinski definition) is 3. The highest BCUT2D eigenvalue weighted by atomic mass is 32.1. The van der Waals surface area contributed by atoms with Crippen LogP contribution in [-0.2, 0) is 0 Å². The van der Waals surface area contributed by atoms with E-state index in [0.717, 1.165) is 11.3 Å². The number of benzene rings is 1. The molecule has 1 aromatic heterocycles. The molecule has 0 bridgehead atoms. The molecule has 1 heterocycles. The van der Waals surface area contributed by atoms with Gasteiger partial charge >= 0.3 is 5.97 Å². The Balaban J connectivity index is 2.21. The third-order valence-corrected chi connectivity index (χ3v) is 3.12. The monoisotopic (exact) mass is 263 g/mol. The Morgan fingerprint density at radius 1 is 1.22 bits per heavy atom. The lowest BCUT2D eigenvalue weighted by molar-refractivity contribution is 0.0703. The summed E-state index contributed by atoms with van der Waals surface area (Å²) in [6.07, 6.45) is 0. The Bertz CT molecular complexity index is 606. The first-order valence-electron chi connectivity index (χ1n) is 4.99. The smallest absolute Gasteiger partial charge is 0.348 e. The second-order valence-electron chi connectivity index (χ2n) is 3.47. The van der Waals surface area contributed by atoms with Crippen LogP contribution in [-0.4, -0.2) is 22.1 Å². The second-order valence-corrected chi connectivity index (χ2v) is 4.39. The molecule has 0 aliphatic rings. The van der Waals surface area contributed by atoms with Gasteiger partial charge in [-0.15, -0.1) is 11.3 Å². The number of rotatable bonds is 3. The third-order valence-electron chi connectivity index (χ3n) is 2.22. The van der Waals surface area contributed by atoms with Gasteiger partial charge in [-0.05, 0) is 29.6 Å². The number of anilines is 1. The Hall–Kier alpha value is -2.34. The fourth-order valence-electron chi connectivity index (χ4n) is 1.41. The average Bonchev–Trinajstić information content (AvgIpc) is 2.77. The van der Waals surface area contributed by atoms with Crippen molar-refractivity contribution in [3.05, 3.63) is 46.2 Å². The molecule has 18 heavy (non-hydrogen) atoms. The van der Waals surface area contributed by atoms with Crippen LogP contribution in [0.2, 0.25) is 0 Å². The van der Waals surface area contributed by atoms with Crippen LogP contribution < -0.4 is 5.32 Å². The molecule has 2 rings (SSSR count). The summed E-state index contributed by atoms with van der Waals surface area (Å²) in [5.41, 5.74) is 0.512. The van der Waals surface area contributed by atoms with Crippen molar-refractivity contribution in [1.29, 1.82) is 0 Å². The topological polar surface area (TPSA) is 86.6 Å². The first-order valence-corrected chi connectivity index (χ1v) is 5.87. The molecule has 0 aliphatic carbocycles. The van der Waals surface area contributed by atoms with Gasteiger partial charge in [-0.3, -0.25) is 4.79 Å². The van der Waals surface area contributed by atoms with Crippen LogP contribution in [0, 0.1) is 0 Å². The number of aromatic carboxylic acids is 1. The molecule has 3 N–H and O–H groups in total. The summed E-state index contributed by atoms with van der Waals surface area (Å²) in [5, 5.41) is 22.2. The summed E-state index contributed by atoms with van der Waals surface area (Å²) < 4.78 is 0. The fourth-order valence-corrected chi connectivity index (χ4v) is 2.10. The molecular weight excluding hydrogens is 254 g/mol. The van der Waals surface area contributed by atoms with Crippen molar-refractivity contribution in [1.82, 2.24) is 0 Å². The zero-order chi connectivity index (χ0) is 13.1. The zero-order valence-corrected chi connectivity index (χ0v) is 9.90. The SMILES string of the molecule is O=C(Nc1ccsc1C(=O)O)c1cccc(O)c1. The van der Waals surface area contributed by atoms with Gasteiger partial charge in [0.1, 0.15) is 10.6 Å². The van der Waals surface area contributed by atoms with E-state index in [1.807, 2.05) is 0 Å². The predicted octanol–water partition coefficient (Wildman–Crippen LogP) is 2.40. The Kier molecular flexibility index (Phi) is 3.29. The average molecular weight is 263 g/mol. The van der Waals surface area contributed by atoms with Gasteiger partial charge in [-0.2, -0.15) is 0 Å². The van der Waals surface area contributed by atoms with Gasteiger partial charge in [0.25, 0.3) is 5.91 Å². The van der Waals surface area contributed by atoms with Gasteiger partial charge in [0.15, 0.2) is 0 Å². The Morgan fingerprint density at radius 2 is 2.00 bits per heavy atom. The van der Waals surface area contributed by atoms with Crippen LogP contribution in [0.25, 0.3) is 0 Å². The van der Waals surface area contributed by atoms with Crippen LogP contribution in [0.5, 0.6) is 5.75 Å². The van der Waals surface area contributed by atoms with E-state index in [9.17, 15) is 14.7 Å². The summed E-state index contributed by atoms with van der Waals surface area (Å²) in [7, 11) is 0. The summed E-state index contributed by atoms with van der Waals surface area (Å²) in [4.78, 5) is 22.8. The van der Waals surface area contributed by atoms with Crippen LogP contribution in [0.3, 0.4) is 0 Å². The molecule has 0 atom stereocenters. The van der Waals surface area contributed by atoms with Crippen LogP contribution in [0.4, 0.5) is 5.69 Å². The molecule has 1 aromatic carbocycles. The minimum absolute atomic E-state index is 0.0218. The minimum Gasteiger partial charge on any atom is -0.508 e. The van der Waals surface area contributed by atoms with E-state index >= 15 is 0 Å². The Morgan fingerprint density at radius 3 is 2.67 bits per heavy atom. The van der Waals surface area contributed by atoms with E-state index in [1.54, 1.807) is 5.38 Å². The number of aromatic hydroxyl groups is 1. The zero-order valence-electron chi connectivity index (χ0n) is 9.08. The van der Waals surface area contributed by atoms with Gasteiger partial charge in [-0.1, -0.05) is 6.07 Å². The molecule has 1 amide bonds. The van der Waals surface area contributed by atoms with Crippen molar-refractivity contribution in [2.45, 2.75) is 0 Å². The lowest BCUT2D eigenvalue weighted by atomic mass is 10.2. The summed E-state index contributed by atoms with van der Waals surface area (Å²) >= 11 is 1.03. The molecule has 6 heteroatoms. The number of hydrogen-bond acceptors (Lipinski definition) is 4. The van der Waals surface area contributed by atoms with Crippen LogP contribution in [0.15, 0.2) is 35.7 Å². The first-order chi connectivity index (χ1) is 8.58. The number of thiophene rings is 1. The third kappa shape index (κ3) is 2.49. The standard InChI is InChI=1S/C12H9NO4S/c14-8-3-1-2-7(6-8)11(15)13-9-4-5-18-10(9)12(16)17/h1-6,14H,(H,13,15)(H,16,17). The number of phenolic OH excluding ortho intramolecular Hbond substituents is 1. The molecule has 92 valence electrons. The lowest BCUT2D eigenvalue weighted by Gasteiger charge is -2.04. The highest BCUT2D eigenvalue weighted by molar-refractivity contribution is 7.12. The van der Waals surface area contributed by atoms with Gasteiger partial charge in [0.2, 0.25) is 0 Å². The number of carbonyl (C=O) groups excluding carboxylic acids is 1. The highest BCUT2D eigenvalue weighted by Gasteiger charge is 2.14. The Labute approximate surface area is 106 Å². The summed E-state index contributed by atoms with van der Waals surface area (Å²) in [5.74, 6) is -1.57. The highest BCUT2D eigenvalue weighted by Crippen LogP contribution is 2.23. The van der Waals surface area contributed by atoms with Crippen molar-refractivity contribution in [2.75, 3.05) is 5.32 Å². The predicted molar refractivity (Wildman–Crippen MR) is 67.3 cm³/mol. The molecule has 5 nitrogen and oxygen atoms in total. The van der Waals surface area contributed by atoms with E-state index in [1.165, 1.54) is 30.3 Å². The summed E-state index contributed by atoms with van der Waals surface area (Å²) in [6.45, 7) is 0. The number of carboxylic acid groups (broad SMARTS) is 1. The van der Waals surface area contributed by atoms with Crippen LogP contribution >= 0.6 is 11.3 Å². The molecule has 0 radical (unpaired) electrons. The van der Waals surface area contributed by atoms with Crippen molar-refractivity contribution >= 4 is 28.9 Å². The largest absolute Gasteiger partial charge is 0.508 e. The minimum atomic E-state index is -1.09. The van der Waals surface area contributed by atoms with E-state index in [0.29, 0.717) is 0 Å². The van der Waals surface area contributed by atoms with E-state index in [4.69, 9.17) is 5.11 Å². The number of carbonyl (C=O) groups is 2. The maximum absolute atomic E-state index is 11.8. The van der Waals surface area contributed by atoms with Gasteiger partial charge < -0.3 is 15.5 Å². The molecular formula is C12H9NO4S. The number of carboxylic acids is 1. The molecule has 2 aromatic rings. The van der Waals surface area contributed by atoms with Gasteiger partial charge in [0, 0.05) is 5.56 Å². The normalized spacial score (nSPS) is 10.0. The van der Waals surface area contributed by atoms with E-state index < -0.39 is 11.9 Å². The van der Waals surface area contributed by atoms with Crippen molar-refractivity contribution in [3.8, 4) is 5.75 Å². The fraction of sp³-hybridized carbons (Fsp3) is 0. The van der Waals surface area contributed by atoms with Crippen molar-refractivity contribution in [2.24, 2.45) is 0 Å². The van der Waals surface area contributed by atoms with Crippen LogP contribution in [0.1, 0.15) is 20.0 Å². The summed E-state index contributed by atoms with van der Waals surface area (Å²) in [6, 6.07) is 7.35. The molecule has 0 saturated heterocycles. The van der Waals surface area contributed by atoms with Crippen molar-refractivity contribution in [3.63, 3.8) is 0 Å². The first kappa shape index (κ1) is 12.1. The lowest BCUT2D eigenvalue weighted by Crippen LogP contribution is -2.13. The molecule has 0 fully saturated rings. The maximum Gasteiger partial charge on any atom is 0.348 e. The van der Waals surface area contributed by atoms with Gasteiger partial charge in [-0.25, -0.2) is 4.79 Å². The maximum atomic E-state index is 11.8. The number of phenols is 1. The molecule has 0 saturated carbocycles. The number of amides is 1. The quantitative estimate of drug-likeness (QED) is 0.793. The van der Waals surface area contributed by atoms with Gasteiger partial charge in [0.05, 0.1) is 5.69 Å². The number of nitrogens with one attached hydrogen (secondary N) is 1. The molecule has 0 spiro atoms. The van der Waals surface area contributed by atoms with Crippen molar-refractivity contribution < 1.29 is 19.8 Å². The second kappa shape index (κ2) is 4.89.